The highest BCUT2D eigenvalue weighted by Crippen LogP contribution is 2.50. The van der Waals surface area contributed by atoms with Gasteiger partial charge in [-0.2, -0.15) is 0 Å². The number of H-pyrrole nitrogens is 1. The van der Waals surface area contributed by atoms with Crippen LogP contribution in [-0.4, -0.2) is 50.9 Å². The predicted molar refractivity (Wildman–Crippen MR) is 141 cm³/mol. The number of hydrogen-bond donors (Lipinski definition) is 1. The summed E-state index contributed by atoms with van der Waals surface area (Å²) in [7, 11) is -0.399. The molecule has 2 aromatic carbocycles. The van der Waals surface area contributed by atoms with Crippen LogP contribution in [0.25, 0.3) is 21.8 Å². The van der Waals surface area contributed by atoms with Crippen molar-refractivity contribution in [2.75, 3.05) is 0 Å². The Labute approximate surface area is 213 Å². The fourth-order valence-electron chi connectivity index (χ4n) is 6.03. The number of piperidine rings is 1. The van der Waals surface area contributed by atoms with Crippen molar-refractivity contribution in [3.63, 3.8) is 0 Å². The molecule has 6 rings (SSSR count). The van der Waals surface area contributed by atoms with E-state index in [9.17, 15) is 4.79 Å². The SMILES string of the molecule is CC(C)(C)OC(=O)N1[C@@H]2CC[C@@H](C2)[C@H]1c1nc2ccc3cc(B4OC(C)(C)C(C)(C)O4)ccc3c2[nH]1. The van der Waals surface area contributed by atoms with Crippen molar-refractivity contribution >= 4 is 40.5 Å². The van der Waals surface area contributed by atoms with E-state index < -0.39 is 12.7 Å². The molecule has 7 nitrogen and oxygen atoms in total. The van der Waals surface area contributed by atoms with Crippen LogP contribution in [0.15, 0.2) is 30.3 Å². The summed E-state index contributed by atoms with van der Waals surface area (Å²) in [5.41, 5.74) is 1.63. The van der Waals surface area contributed by atoms with Gasteiger partial charge in [-0.25, -0.2) is 9.78 Å². The topological polar surface area (TPSA) is 76.7 Å². The van der Waals surface area contributed by atoms with Crippen molar-refractivity contribution in [1.29, 1.82) is 0 Å². The molecule has 2 aliphatic heterocycles. The van der Waals surface area contributed by atoms with Gasteiger partial charge in [0.2, 0.25) is 0 Å². The number of amides is 1. The summed E-state index contributed by atoms with van der Waals surface area (Å²) in [6.07, 6.45) is 2.92. The van der Waals surface area contributed by atoms with Gasteiger partial charge in [0, 0.05) is 11.4 Å². The van der Waals surface area contributed by atoms with Gasteiger partial charge in [0.15, 0.2) is 0 Å². The van der Waals surface area contributed by atoms with Crippen LogP contribution in [0.3, 0.4) is 0 Å². The number of benzene rings is 2. The van der Waals surface area contributed by atoms with E-state index in [1.165, 1.54) is 0 Å². The Morgan fingerprint density at radius 1 is 1.11 bits per heavy atom. The Morgan fingerprint density at radius 2 is 1.83 bits per heavy atom. The number of likely N-dealkylation sites (tertiary alicyclic amines) is 1. The lowest BCUT2D eigenvalue weighted by Gasteiger charge is -2.35. The van der Waals surface area contributed by atoms with Gasteiger partial charge in [0.25, 0.3) is 0 Å². The lowest BCUT2D eigenvalue weighted by molar-refractivity contribution is 0.00578. The fraction of sp³-hybridized carbons (Fsp3) is 0.571. The molecule has 2 bridgehead atoms. The Balaban J connectivity index is 1.35. The van der Waals surface area contributed by atoms with E-state index in [1.807, 2.05) is 25.7 Å². The molecular weight excluding hydrogens is 453 g/mol. The van der Waals surface area contributed by atoms with E-state index in [4.69, 9.17) is 19.0 Å². The van der Waals surface area contributed by atoms with Crippen molar-refractivity contribution in [3.05, 3.63) is 36.2 Å². The molecule has 0 radical (unpaired) electrons. The first-order valence-corrected chi connectivity index (χ1v) is 13.1. The Hall–Kier alpha value is -2.58. The lowest BCUT2D eigenvalue weighted by atomic mass is 9.78. The second-order valence-electron chi connectivity index (χ2n) is 12.7. The quantitative estimate of drug-likeness (QED) is 0.483. The maximum atomic E-state index is 13.2. The van der Waals surface area contributed by atoms with Gasteiger partial charge >= 0.3 is 13.2 Å². The molecule has 2 saturated heterocycles. The van der Waals surface area contributed by atoms with Crippen LogP contribution >= 0.6 is 0 Å². The average Bonchev–Trinajstić information content (AvgIpc) is 3.53. The number of rotatable bonds is 2. The number of aromatic amines is 1. The number of aromatic nitrogens is 2. The molecule has 3 atom stereocenters. The molecule has 36 heavy (non-hydrogen) atoms. The molecule has 1 N–H and O–H groups in total. The molecule has 1 amide bonds. The highest BCUT2D eigenvalue weighted by molar-refractivity contribution is 6.62. The standard InChI is InChI=1S/C28H36BN3O4/c1-26(2,3)34-25(33)32-19-11-8-17(15-19)23(32)24-30-21-13-9-16-14-18(10-12-20(16)22(21)31-24)29-35-27(4,5)28(6,7)36-29/h9-10,12-14,17,19,23H,8,11,15H2,1-7H3,(H,30,31)/t17-,19+,23-/m0/s1. The summed E-state index contributed by atoms with van der Waals surface area (Å²) in [5.74, 6) is 1.26. The molecule has 3 heterocycles. The van der Waals surface area contributed by atoms with E-state index in [0.717, 1.165) is 52.4 Å². The van der Waals surface area contributed by atoms with Gasteiger partial charge in [0.05, 0.1) is 28.3 Å². The average molecular weight is 489 g/mol. The Bertz CT molecular complexity index is 1340. The monoisotopic (exact) mass is 489 g/mol. The minimum absolute atomic E-state index is 0.0786. The van der Waals surface area contributed by atoms with Crippen LogP contribution in [0.1, 0.15) is 79.6 Å². The van der Waals surface area contributed by atoms with Crippen molar-refractivity contribution in [2.24, 2.45) is 5.92 Å². The molecule has 8 heteroatoms. The van der Waals surface area contributed by atoms with E-state index in [0.29, 0.717) is 5.92 Å². The lowest BCUT2D eigenvalue weighted by Crippen LogP contribution is -2.43. The molecule has 3 fully saturated rings. The van der Waals surface area contributed by atoms with Crippen molar-refractivity contribution < 1.29 is 18.8 Å². The highest BCUT2D eigenvalue weighted by atomic mass is 16.7. The van der Waals surface area contributed by atoms with Gasteiger partial charge in [-0.05, 0) is 90.6 Å². The number of hydrogen-bond acceptors (Lipinski definition) is 5. The summed E-state index contributed by atoms with van der Waals surface area (Å²) in [4.78, 5) is 23.7. The molecule has 0 unspecified atom stereocenters. The van der Waals surface area contributed by atoms with E-state index in [2.05, 4.69) is 63.0 Å². The number of carbonyl (C=O) groups excluding carboxylic acids is 1. The zero-order valence-electron chi connectivity index (χ0n) is 22.3. The van der Waals surface area contributed by atoms with Crippen molar-refractivity contribution in [2.45, 2.75) is 96.6 Å². The highest BCUT2D eigenvalue weighted by Gasteiger charge is 2.52. The predicted octanol–water partition coefficient (Wildman–Crippen LogP) is 5.48. The van der Waals surface area contributed by atoms with Crippen LogP contribution in [0, 0.1) is 5.92 Å². The second-order valence-corrected chi connectivity index (χ2v) is 12.7. The number of fused-ring (bicyclic) bond motifs is 5. The molecule has 1 aromatic heterocycles. The van der Waals surface area contributed by atoms with Gasteiger partial charge in [-0.3, -0.25) is 4.90 Å². The first-order valence-electron chi connectivity index (χ1n) is 13.1. The molecular formula is C28H36BN3O4. The molecule has 1 aliphatic carbocycles. The molecule has 3 aromatic rings. The zero-order chi connectivity index (χ0) is 25.6. The van der Waals surface area contributed by atoms with Gasteiger partial charge in [0.1, 0.15) is 11.4 Å². The van der Waals surface area contributed by atoms with E-state index in [1.54, 1.807) is 0 Å². The van der Waals surface area contributed by atoms with Crippen LogP contribution in [-0.2, 0) is 14.0 Å². The summed E-state index contributed by atoms with van der Waals surface area (Å²) in [5, 5.41) is 2.19. The van der Waals surface area contributed by atoms with Crippen molar-refractivity contribution in [3.8, 4) is 0 Å². The van der Waals surface area contributed by atoms with Crippen molar-refractivity contribution in [1.82, 2.24) is 14.9 Å². The smallest absolute Gasteiger partial charge is 0.444 e. The summed E-state index contributed by atoms with van der Waals surface area (Å²) in [6, 6.07) is 10.6. The number of nitrogens with zero attached hydrogens (tertiary/aromatic N) is 2. The van der Waals surface area contributed by atoms with E-state index >= 15 is 0 Å². The number of imidazole rings is 1. The molecule has 3 aliphatic rings. The van der Waals surface area contributed by atoms with Crippen LogP contribution in [0.2, 0.25) is 0 Å². The summed E-state index contributed by atoms with van der Waals surface area (Å²) < 4.78 is 18.3. The minimum Gasteiger partial charge on any atom is -0.444 e. The van der Waals surface area contributed by atoms with Crippen LogP contribution in [0.4, 0.5) is 4.79 Å². The number of ether oxygens (including phenoxy) is 1. The maximum Gasteiger partial charge on any atom is 0.494 e. The largest absolute Gasteiger partial charge is 0.494 e. The summed E-state index contributed by atoms with van der Waals surface area (Å²) >= 11 is 0. The molecule has 0 spiro atoms. The number of carbonyl (C=O) groups is 1. The molecule has 190 valence electrons. The zero-order valence-corrected chi connectivity index (χ0v) is 22.3. The minimum atomic E-state index is -0.525. The first kappa shape index (κ1) is 23.8. The van der Waals surface area contributed by atoms with Gasteiger partial charge in [-0.15, -0.1) is 0 Å². The Kier molecular flexibility index (Phi) is 5.10. The van der Waals surface area contributed by atoms with E-state index in [-0.39, 0.29) is 29.4 Å². The van der Waals surface area contributed by atoms with Crippen LogP contribution in [0.5, 0.6) is 0 Å². The normalized spacial score (nSPS) is 26.9. The Morgan fingerprint density at radius 3 is 2.53 bits per heavy atom. The van der Waals surface area contributed by atoms with Crippen LogP contribution < -0.4 is 5.46 Å². The number of nitrogens with one attached hydrogen (secondary N) is 1. The third-order valence-electron chi connectivity index (χ3n) is 8.51. The fourth-order valence-corrected chi connectivity index (χ4v) is 6.03. The summed E-state index contributed by atoms with van der Waals surface area (Å²) in [6.45, 7) is 14.0. The van der Waals surface area contributed by atoms with Gasteiger partial charge in [-0.1, -0.05) is 24.3 Å². The third kappa shape index (κ3) is 3.72. The third-order valence-corrected chi connectivity index (χ3v) is 8.51. The maximum absolute atomic E-state index is 13.2. The first-order chi connectivity index (χ1) is 16.8. The second kappa shape index (κ2) is 7.71. The van der Waals surface area contributed by atoms with Gasteiger partial charge < -0.3 is 19.0 Å². The molecule has 1 saturated carbocycles.